The number of barbiturate groups is 1. The van der Waals surface area contributed by atoms with E-state index in [9.17, 15) is 14.4 Å². The molecule has 94 valence electrons. The standard InChI is InChI=1S/C12H18N2O3.Na/c1-2-3-5-8-6-4-7-12(8)9(15)13-11(17)14-10(12)16;/h8H,2-7H2,1H3,(H2,13,14,15,16,17);/q;+1/p-1. The molecule has 2 rings (SSSR count). The topological polar surface area (TPSA) is 77.3 Å². The van der Waals surface area contributed by atoms with Gasteiger partial charge in [0.2, 0.25) is 0 Å². The van der Waals surface area contributed by atoms with Crippen molar-refractivity contribution in [3.63, 3.8) is 0 Å². The molecule has 0 aromatic heterocycles. The predicted octanol–water partition coefficient (Wildman–Crippen LogP) is -0.883. The van der Waals surface area contributed by atoms with Crippen LogP contribution in [0.5, 0.6) is 0 Å². The van der Waals surface area contributed by atoms with E-state index in [1.165, 1.54) is 0 Å². The van der Waals surface area contributed by atoms with Gasteiger partial charge in [-0.15, -0.1) is 0 Å². The van der Waals surface area contributed by atoms with Crippen LogP contribution in [0.3, 0.4) is 0 Å². The minimum atomic E-state index is -1.04. The third kappa shape index (κ3) is 2.49. The van der Waals surface area contributed by atoms with Crippen molar-refractivity contribution in [3.05, 3.63) is 5.32 Å². The van der Waals surface area contributed by atoms with Gasteiger partial charge in [-0.2, -0.15) is 0 Å². The first-order chi connectivity index (χ1) is 8.11. The number of amides is 4. The summed E-state index contributed by atoms with van der Waals surface area (Å²) in [5.41, 5.74) is -1.04. The molecule has 1 aliphatic carbocycles. The minimum Gasteiger partial charge on any atom is -0.394 e. The molecule has 2 fully saturated rings. The number of hydrogen-bond donors (Lipinski definition) is 1. The van der Waals surface area contributed by atoms with Crippen LogP contribution in [-0.2, 0) is 9.59 Å². The third-order valence-corrected chi connectivity index (χ3v) is 3.94. The van der Waals surface area contributed by atoms with Crippen molar-refractivity contribution in [2.75, 3.05) is 0 Å². The Morgan fingerprint density at radius 3 is 2.72 bits per heavy atom. The maximum absolute atomic E-state index is 12.0. The first kappa shape index (κ1) is 15.7. The summed E-state index contributed by atoms with van der Waals surface area (Å²) in [5, 5.41) is 5.60. The van der Waals surface area contributed by atoms with Crippen LogP contribution in [0, 0.1) is 11.3 Å². The number of rotatable bonds is 3. The normalized spacial score (nSPS) is 30.9. The Balaban J connectivity index is 0.00000162. The van der Waals surface area contributed by atoms with Crippen LogP contribution in [0.15, 0.2) is 0 Å². The summed E-state index contributed by atoms with van der Waals surface area (Å²) in [4.78, 5) is 35.0. The zero-order valence-corrected chi connectivity index (χ0v) is 13.0. The number of carbonyl (C=O) groups is 3. The van der Waals surface area contributed by atoms with Gasteiger partial charge in [-0.1, -0.05) is 26.2 Å². The molecule has 0 aromatic rings. The summed E-state index contributed by atoms with van der Waals surface area (Å²) in [5.74, 6) is -0.905. The smallest absolute Gasteiger partial charge is 0.394 e. The summed E-state index contributed by atoms with van der Waals surface area (Å²) >= 11 is 0. The molecule has 2 aliphatic rings. The summed E-state index contributed by atoms with van der Waals surface area (Å²) in [6.07, 6.45) is 5.17. The van der Waals surface area contributed by atoms with Crippen molar-refractivity contribution in [2.45, 2.75) is 45.4 Å². The summed E-state index contributed by atoms with van der Waals surface area (Å²) in [6, 6.07) is -0.813. The Morgan fingerprint density at radius 2 is 2.11 bits per heavy atom. The molecule has 1 heterocycles. The molecular formula is C12H17N2NaO3. The van der Waals surface area contributed by atoms with Crippen LogP contribution < -0.4 is 34.9 Å². The SMILES string of the molecule is CCCCC1CCCC12C(=O)[N-]C(=O)NC2=O.[Na+]. The number of imide groups is 2. The van der Waals surface area contributed by atoms with E-state index in [2.05, 4.69) is 17.6 Å². The van der Waals surface area contributed by atoms with E-state index in [1.54, 1.807) is 0 Å². The molecule has 1 saturated carbocycles. The van der Waals surface area contributed by atoms with E-state index in [-0.39, 0.29) is 35.5 Å². The first-order valence-electron chi connectivity index (χ1n) is 6.23. The van der Waals surface area contributed by atoms with E-state index in [4.69, 9.17) is 0 Å². The Hall–Kier alpha value is -0.390. The second-order valence-corrected chi connectivity index (χ2v) is 4.88. The average Bonchev–Trinajstić information content (AvgIpc) is 2.68. The van der Waals surface area contributed by atoms with Gasteiger partial charge in [0.05, 0.1) is 5.41 Å². The van der Waals surface area contributed by atoms with Crippen molar-refractivity contribution in [1.29, 1.82) is 0 Å². The first-order valence-corrected chi connectivity index (χ1v) is 6.23. The zero-order chi connectivity index (χ0) is 12.5. The number of carbonyl (C=O) groups excluding carboxylic acids is 3. The monoisotopic (exact) mass is 260 g/mol. The second-order valence-electron chi connectivity index (χ2n) is 4.88. The number of hydrogen-bond acceptors (Lipinski definition) is 3. The number of urea groups is 1. The van der Waals surface area contributed by atoms with Crippen molar-refractivity contribution in [1.82, 2.24) is 5.32 Å². The van der Waals surface area contributed by atoms with Crippen LogP contribution in [0.4, 0.5) is 4.79 Å². The van der Waals surface area contributed by atoms with E-state index in [1.807, 2.05) is 0 Å². The van der Waals surface area contributed by atoms with Crippen LogP contribution in [-0.4, -0.2) is 17.8 Å². The molecule has 5 nitrogen and oxygen atoms in total. The Labute approximate surface area is 129 Å². The molecule has 4 amide bonds. The molecule has 1 aliphatic heterocycles. The average molecular weight is 260 g/mol. The van der Waals surface area contributed by atoms with Gasteiger partial charge in [-0.25, -0.2) is 0 Å². The van der Waals surface area contributed by atoms with E-state index < -0.39 is 23.3 Å². The van der Waals surface area contributed by atoms with E-state index >= 15 is 0 Å². The van der Waals surface area contributed by atoms with Crippen LogP contribution in [0.2, 0.25) is 0 Å². The maximum atomic E-state index is 12.0. The van der Waals surface area contributed by atoms with E-state index in [0.29, 0.717) is 6.42 Å². The molecule has 2 atom stereocenters. The van der Waals surface area contributed by atoms with Gasteiger partial charge in [0.1, 0.15) is 0 Å². The Bertz CT molecular complexity index is 350. The van der Waals surface area contributed by atoms with E-state index in [0.717, 1.165) is 32.1 Å². The van der Waals surface area contributed by atoms with Gasteiger partial charge in [0.15, 0.2) is 17.8 Å². The summed E-state index contributed by atoms with van der Waals surface area (Å²) in [7, 11) is 0. The molecule has 1 saturated heterocycles. The fourth-order valence-electron chi connectivity index (χ4n) is 3.03. The van der Waals surface area contributed by atoms with Crippen molar-refractivity contribution in [2.24, 2.45) is 11.3 Å². The predicted molar refractivity (Wildman–Crippen MR) is 61.2 cm³/mol. The molecular weight excluding hydrogens is 243 g/mol. The number of nitrogens with zero attached hydrogens (tertiary/aromatic N) is 1. The number of nitrogens with one attached hydrogen (secondary N) is 1. The molecule has 2 unspecified atom stereocenters. The molecule has 18 heavy (non-hydrogen) atoms. The zero-order valence-electron chi connectivity index (χ0n) is 11.0. The van der Waals surface area contributed by atoms with Crippen LogP contribution >= 0.6 is 0 Å². The Morgan fingerprint density at radius 1 is 1.39 bits per heavy atom. The van der Waals surface area contributed by atoms with Gasteiger partial charge in [0, 0.05) is 0 Å². The van der Waals surface area contributed by atoms with Crippen LogP contribution in [0.1, 0.15) is 45.4 Å². The molecule has 1 N–H and O–H groups in total. The molecule has 1 spiro atoms. The quantitative estimate of drug-likeness (QED) is 0.528. The van der Waals surface area contributed by atoms with Gasteiger partial charge in [-0.05, 0) is 25.2 Å². The van der Waals surface area contributed by atoms with Crippen molar-refractivity contribution < 1.29 is 43.9 Å². The van der Waals surface area contributed by atoms with Crippen molar-refractivity contribution >= 4 is 17.8 Å². The summed E-state index contributed by atoms with van der Waals surface area (Å²) in [6.45, 7) is 2.08. The number of unbranched alkanes of at least 4 members (excludes halogenated alkanes) is 1. The molecule has 0 aromatic carbocycles. The van der Waals surface area contributed by atoms with Gasteiger partial charge in [0.25, 0.3) is 0 Å². The third-order valence-electron chi connectivity index (χ3n) is 3.94. The largest absolute Gasteiger partial charge is 1.00 e. The molecule has 6 heteroatoms. The minimum absolute atomic E-state index is 0. The van der Waals surface area contributed by atoms with Gasteiger partial charge < -0.3 is 10.6 Å². The van der Waals surface area contributed by atoms with Crippen LogP contribution in [0.25, 0.3) is 5.32 Å². The van der Waals surface area contributed by atoms with Gasteiger partial charge >= 0.3 is 29.6 Å². The maximum Gasteiger partial charge on any atom is 1.00 e. The summed E-state index contributed by atoms with van der Waals surface area (Å²) < 4.78 is 0. The second kappa shape index (κ2) is 6.17. The fraction of sp³-hybridized carbons (Fsp3) is 0.750. The molecule has 0 radical (unpaired) electrons. The van der Waals surface area contributed by atoms with Gasteiger partial charge in [-0.3, -0.25) is 14.4 Å². The Kier molecular flexibility index (Phi) is 5.37. The fourth-order valence-corrected chi connectivity index (χ4v) is 3.03. The van der Waals surface area contributed by atoms with Crippen molar-refractivity contribution in [3.8, 4) is 0 Å². The molecule has 0 bridgehead atoms.